The number of nitro groups is 1. The van der Waals surface area contributed by atoms with Crippen molar-refractivity contribution in [2.75, 3.05) is 0 Å². The summed E-state index contributed by atoms with van der Waals surface area (Å²) < 4.78 is 1.80. The first-order valence-electron chi connectivity index (χ1n) is 6.87. The fraction of sp³-hybridized carbons (Fsp3) is 0.286. The zero-order chi connectivity index (χ0) is 15.7. The lowest BCUT2D eigenvalue weighted by Gasteiger charge is -2.00. The van der Waals surface area contributed by atoms with E-state index in [4.69, 9.17) is 11.6 Å². The summed E-state index contributed by atoms with van der Waals surface area (Å²) in [6, 6.07) is 6.62. The standard InChI is InChI=1S/C14H14ClN5O2/c1-9-13(15)14-17-16-12(19(14)18-9)4-2-3-10-5-7-11(8-6-10)20(21)22/h5-8,18H,2-4H2,1H3. The monoisotopic (exact) mass is 319 g/mol. The molecule has 3 aromatic rings. The van der Waals surface area contributed by atoms with Gasteiger partial charge in [-0.25, -0.2) is 4.52 Å². The van der Waals surface area contributed by atoms with Crippen molar-refractivity contribution in [2.45, 2.75) is 26.2 Å². The Kier molecular flexibility index (Phi) is 3.81. The summed E-state index contributed by atoms with van der Waals surface area (Å²) in [6.45, 7) is 1.89. The van der Waals surface area contributed by atoms with E-state index in [1.807, 2.05) is 6.92 Å². The zero-order valence-corrected chi connectivity index (χ0v) is 12.7. The fourth-order valence-electron chi connectivity index (χ4n) is 2.36. The third-order valence-electron chi connectivity index (χ3n) is 3.55. The number of aryl methyl sites for hydroxylation is 3. The third kappa shape index (κ3) is 2.67. The highest BCUT2D eigenvalue weighted by Gasteiger charge is 2.13. The van der Waals surface area contributed by atoms with Gasteiger partial charge in [0, 0.05) is 18.6 Å². The molecule has 2 heterocycles. The Morgan fingerprint density at radius 1 is 1.27 bits per heavy atom. The van der Waals surface area contributed by atoms with Crippen LogP contribution in [0.15, 0.2) is 24.3 Å². The number of aromatic nitrogens is 4. The SMILES string of the molecule is Cc1[nH]n2c(CCCc3ccc([N+](=O)[O-])cc3)nnc2c1Cl. The van der Waals surface area contributed by atoms with Crippen molar-refractivity contribution >= 4 is 22.9 Å². The van der Waals surface area contributed by atoms with E-state index in [-0.39, 0.29) is 5.69 Å². The van der Waals surface area contributed by atoms with Gasteiger partial charge in [-0.15, -0.1) is 10.2 Å². The topological polar surface area (TPSA) is 89.1 Å². The molecule has 0 aliphatic carbocycles. The molecule has 0 atom stereocenters. The van der Waals surface area contributed by atoms with Crippen LogP contribution in [0.1, 0.15) is 23.5 Å². The molecule has 0 spiro atoms. The molecule has 22 heavy (non-hydrogen) atoms. The molecule has 0 fully saturated rings. The molecule has 7 nitrogen and oxygen atoms in total. The van der Waals surface area contributed by atoms with E-state index in [1.165, 1.54) is 12.1 Å². The van der Waals surface area contributed by atoms with Crippen molar-refractivity contribution in [3.8, 4) is 0 Å². The van der Waals surface area contributed by atoms with Gasteiger partial charge in [-0.3, -0.25) is 15.2 Å². The number of aromatic amines is 1. The molecule has 0 saturated heterocycles. The van der Waals surface area contributed by atoms with Crippen molar-refractivity contribution in [3.05, 3.63) is 56.5 Å². The molecule has 114 valence electrons. The Morgan fingerprint density at radius 2 is 2.00 bits per heavy atom. The number of halogens is 1. The number of rotatable bonds is 5. The van der Waals surface area contributed by atoms with Gasteiger partial charge < -0.3 is 0 Å². The average Bonchev–Trinajstić information content (AvgIpc) is 3.01. The number of nitrogens with zero attached hydrogens (tertiary/aromatic N) is 4. The maximum Gasteiger partial charge on any atom is 0.269 e. The highest BCUT2D eigenvalue weighted by molar-refractivity contribution is 6.34. The van der Waals surface area contributed by atoms with Crippen molar-refractivity contribution < 1.29 is 4.92 Å². The van der Waals surface area contributed by atoms with Gasteiger partial charge in [0.25, 0.3) is 5.69 Å². The van der Waals surface area contributed by atoms with E-state index < -0.39 is 4.92 Å². The van der Waals surface area contributed by atoms with Crippen LogP contribution in [-0.2, 0) is 12.8 Å². The van der Waals surface area contributed by atoms with Gasteiger partial charge in [0.05, 0.1) is 10.6 Å². The van der Waals surface area contributed by atoms with Crippen molar-refractivity contribution in [1.29, 1.82) is 0 Å². The minimum Gasteiger partial charge on any atom is -0.294 e. The summed E-state index contributed by atoms with van der Waals surface area (Å²) in [6.07, 6.45) is 2.43. The lowest BCUT2D eigenvalue weighted by Crippen LogP contribution is -1.98. The molecule has 0 saturated carbocycles. The molecule has 8 heteroatoms. The van der Waals surface area contributed by atoms with Gasteiger partial charge in [0.2, 0.25) is 0 Å². The maximum atomic E-state index is 10.6. The summed E-state index contributed by atoms with van der Waals surface area (Å²) in [4.78, 5) is 10.2. The van der Waals surface area contributed by atoms with E-state index in [0.717, 1.165) is 36.3 Å². The van der Waals surface area contributed by atoms with Crippen LogP contribution in [0.25, 0.3) is 5.65 Å². The Balaban J connectivity index is 1.64. The molecule has 0 bridgehead atoms. The van der Waals surface area contributed by atoms with Gasteiger partial charge in [0.15, 0.2) is 11.5 Å². The second-order valence-electron chi connectivity index (χ2n) is 5.10. The number of nitrogens with one attached hydrogen (secondary N) is 1. The summed E-state index contributed by atoms with van der Waals surface area (Å²) in [7, 11) is 0. The second kappa shape index (κ2) is 5.76. The van der Waals surface area contributed by atoms with Crippen LogP contribution in [0.5, 0.6) is 0 Å². The minimum absolute atomic E-state index is 0.111. The molecule has 0 radical (unpaired) electrons. The highest BCUT2D eigenvalue weighted by Crippen LogP contribution is 2.20. The van der Waals surface area contributed by atoms with Crippen LogP contribution < -0.4 is 0 Å². The van der Waals surface area contributed by atoms with Gasteiger partial charge in [0.1, 0.15) is 5.02 Å². The first kappa shape index (κ1) is 14.5. The molecule has 0 aliphatic rings. The van der Waals surface area contributed by atoms with Crippen LogP contribution in [0.4, 0.5) is 5.69 Å². The Bertz CT molecular complexity index is 822. The predicted octanol–water partition coefficient (Wildman–Crippen LogP) is 3.10. The minimum atomic E-state index is -0.395. The lowest BCUT2D eigenvalue weighted by molar-refractivity contribution is -0.384. The normalized spacial score (nSPS) is 11.2. The van der Waals surface area contributed by atoms with E-state index in [9.17, 15) is 10.1 Å². The average molecular weight is 320 g/mol. The second-order valence-corrected chi connectivity index (χ2v) is 5.48. The number of hydrogen-bond acceptors (Lipinski definition) is 4. The summed E-state index contributed by atoms with van der Waals surface area (Å²) in [5.74, 6) is 0.826. The summed E-state index contributed by atoms with van der Waals surface area (Å²) in [5, 5.41) is 22.5. The molecule has 1 N–H and O–H groups in total. The van der Waals surface area contributed by atoms with E-state index in [0.29, 0.717) is 10.7 Å². The fourth-order valence-corrected chi connectivity index (χ4v) is 2.52. The summed E-state index contributed by atoms with van der Waals surface area (Å²) >= 11 is 6.12. The van der Waals surface area contributed by atoms with Crippen molar-refractivity contribution in [1.82, 2.24) is 19.8 Å². The van der Waals surface area contributed by atoms with Gasteiger partial charge in [-0.05, 0) is 25.3 Å². The van der Waals surface area contributed by atoms with Crippen LogP contribution in [0.2, 0.25) is 5.02 Å². The maximum absolute atomic E-state index is 10.6. The Morgan fingerprint density at radius 3 is 2.68 bits per heavy atom. The molecule has 0 aliphatic heterocycles. The first-order valence-corrected chi connectivity index (χ1v) is 7.25. The van der Waals surface area contributed by atoms with Crippen molar-refractivity contribution in [3.63, 3.8) is 0 Å². The largest absolute Gasteiger partial charge is 0.294 e. The quantitative estimate of drug-likeness (QED) is 0.578. The molecular formula is C14H14ClN5O2. The number of H-pyrrole nitrogens is 1. The molecule has 1 aromatic carbocycles. The molecule has 3 rings (SSSR count). The number of benzene rings is 1. The van der Waals surface area contributed by atoms with E-state index in [1.54, 1.807) is 16.6 Å². The molecular weight excluding hydrogens is 306 g/mol. The number of nitro benzene ring substituents is 1. The Labute approximate surface area is 131 Å². The van der Waals surface area contributed by atoms with E-state index in [2.05, 4.69) is 15.3 Å². The summed E-state index contributed by atoms with van der Waals surface area (Å²) in [5.41, 5.74) is 2.68. The molecule has 0 amide bonds. The first-order chi connectivity index (χ1) is 10.6. The number of hydrogen-bond donors (Lipinski definition) is 1. The predicted molar refractivity (Wildman–Crippen MR) is 82.2 cm³/mol. The van der Waals surface area contributed by atoms with Gasteiger partial charge >= 0.3 is 0 Å². The van der Waals surface area contributed by atoms with Crippen molar-refractivity contribution in [2.24, 2.45) is 0 Å². The van der Waals surface area contributed by atoms with Crippen LogP contribution >= 0.6 is 11.6 Å². The lowest BCUT2D eigenvalue weighted by atomic mass is 10.1. The smallest absolute Gasteiger partial charge is 0.269 e. The highest BCUT2D eigenvalue weighted by atomic mass is 35.5. The molecule has 2 aromatic heterocycles. The van der Waals surface area contributed by atoms with Crippen LogP contribution in [-0.4, -0.2) is 24.7 Å². The van der Waals surface area contributed by atoms with Crippen LogP contribution in [0.3, 0.4) is 0 Å². The van der Waals surface area contributed by atoms with Gasteiger partial charge in [-0.1, -0.05) is 23.7 Å². The number of non-ortho nitro benzene ring substituents is 1. The third-order valence-corrected chi connectivity index (χ3v) is 4.00. The Hall–Kier alpha value is -2.41. The van der Waals surface area contributed by atoms with Crippen LogP contribution in [0, 0.1) is 17.0 Å². The van der Waals surface area contributed by atoms with Gasteiger partial charge in [-0.2, -0.15) is 0 Å². The number of fused-ring (bicyclic) bond motifs is 1. The van der Waals surface area contributed by atoms with E-state index >= 15 is 0 Å². The molecule has 0 unspecified atom stereocenters. The zero-order valence-electron chi connectivity index (χ0n) is 11.9.